The maximum absolute atomic E-state index is 5.96. The van der Waals surface area contributed by atoms with Crippen LogP contribution in [0, 0.1) is 23.7 Å². The van der Waals surface area contributed by atoms with Gasteiger partial charge in [0.2, 0.25) is 0 Å². The van der Waals surface area contributed by atoms with Gasteiger partial charge >= 0.3 is 0 Å². The van der Waals surface area contributed by atoms with Crippen molar-refractivity contribution in [1.29, 1.82) is 0 Å². The van der Waals surface area contributed by atoms with Crippen molar-refractivity contribution in [1.82, 2.24) is 0 Å². The van der Waals surface area contributed by atoms with Crippen molar-refractivity contribution >= 4 is 0 Å². The summed E-state index contributed by atoms with van der Waals surface area (Å²) in [4.78, 5) is 0. The normalized spacial score (nSPS) is 50.1. The highest BCUT2D eigenvalue weighted by atomic mass is 16.7. The van der Waals surface area contributed by atoms with Crippen LogP contribution in [-0.4, -0.2) is 19.0 Å². The first-order chi connectivity index (χ1) is 6.73. The third-order valence-electron chi connectivity index (χ3n) is 4.86. The summed E-state index contributed by atoms with van der Waals surface area (Å²) in [5, 5.41) is 0. The monoisotopic (exact) mass is 196 g/mol. The molecule has 0 radical (unpaired) electrons. The van der Waals surface area contributed by atoms with E-state index in [1.807, 2.05) is 0 Å². The zero-order valence-corrected chi connectivity index (χ0v) is 9.16. The molecule has 2 heteroatoms. The number of hydrogen-bond acceptors (Lipinski definition) is 2. The van der Waals surface area contributed by atoms with Crippen LogP contribution in [0.25, 0.3) is 0 Å². The molecule has 0 aromatic carbocycles. The molecular weight excluding hydrogens is 176 g/mol. The molecule has 3 aliphatic rings. The minimum atomic E-state index is -0.158. The van der Waals surface area contributed by atoms with Gasteiger partial charge < -0.3 is 9.47 Å². The predicted octanol–water partition coefficient (Wildman–Crippen LogP) is 2.43. The van der Waals surface area contributed by atoms with Crippen LogP contribution >= 0.6 is 0 Å². The van der Waals surface area contributed by atoms with Crippen LogP contribution in [0.15, 0.2) is 0 Å². The van der Waals surface area contributed by atoms with E-state index in [4.69, 9.17) is 9.47 Å². The Morgan fingerprint density at radius 2 is 1.79 bits per heavy atom. The lowest BCUT2D eigenvalue weighted by Crippen LogP contribution is -2.48. The van der Waals surface area contributed by atoms with E-state index in [-0.39, 0.29) is 5.79 Å². The van der Waals surface area contributed by atoms with Crippen molar-refractivity contribution in [3.8, 4) is 0 Å². The van der Waals surface area contributed by atoms with Crippen molar-refractivity contribution in [2.24, 2.45) is 23.7 Å². The number of ether oxygens (including phenoxy) is 2. The first kappa shape index (κ1) is 9.17. The van der Waals surface area contributed by atoms with Crippen molar-refractivity contribution in [2.75, 3.05) is 13.2 Å². The zero-order valence-electron chi connectivity index (χ0n) is 9.16. The lowest BCUT2D eigenvalue weighted by molar-refractivity contribution is -0.299. The van der Waals surface area contributed by atoms with E-state index >= 15 is 0 Å². The molecule has 14 heavy (non-hydrogen) atoms. The van der Waals surface area contributed by atoms with Gasteiger partial charge in [-0.15, -0.1) is 0 Å². The van der Waals surface area contributed by atoms with Gasteiger partial charge in [0, 0.05) is 12.3 Å². The molecule has 1 aliphatic heterocycles. The molecule has 4 unspecified atom stereocenters. The first-order valence-corrected chi connectivity index (χ1v) is 6.01. The predicted molar refractivity (Wildman–Crippen MR) is 53.8 cm³/mol. The molecule has 2 saturated carbocycles. The molecule has 1 heterocycles. The van der Waals surface area contributed by atoms with E-state index in [1.54, 1.807) is 0 Å². The number of fused-ring (bicyclic) bond motifs is 3. The molecule has 0 amide bonds. The molecule has 2 bridgehead atoms. The van der Waals surface area contributed by atoms with Gasteiger partial charge in [-0.1, -0.05) is 13.8 Å². The van der Waals surface area contributed by atoms with Gasteiger partial charge in [-0.2, -0.15) is 0 Å². The Morgan fingerprint density at radius 3 is 2.36 bits per heavy atom. The fraction of sp³-hybridized carbons (Fsp3) is 1.00. The van der Waals surface area contributed by atoms with Crippen molar-refractivity contribution in [3.63, 3.8) is 0 Å². The van der Waals surface area contributed by atoms with E-state index in [0.717, 1.165) is 43.8 Å². The smallest absolute Gasteiger partial charge is 0.171 e. The van der Waals surface area contributed by atoms with Crippen LogP contribution in [-0.2, 0) is 9.47 Å². The summed E-state index contributed by atoms with van der Waals surface area (Å²) in [5.74, 6) is 3.02. The molecule has 2 nitrogen and oxygen atoms in total. The summed E-state index contributed by atoms with van der Waals surface area (Å²) in [7, 11) is 0. The second kappa shape index (κ2) is 2.96. The van der Waals surface area contributed by atoms with Crippen molar-refractivity contribution in [3.05, 3.63) is 0 Å². The van der Waals surface area contributed by atoms with Gasteiger partial charge in [-0.25, -0.2) is 0 Å². The topological polar surface area (TPSA) is 18.5 Å². The second-order valence-electron chi connectivity index (χ2n) is 5.39. The van der Waals surface area contributed by atoms with Gasteiger partial charge in [0.25, 0.3) is 0 Å². The van der Waals surface area contributed by atoms with E-state index in [2.05, 4.69) is 13.8 Å². The minimum absolute atomic E-state index is 0.158. The number of hydrogen-bond donors (Lipinski definition) is 0. The van der Waals surface area contributed by atoms with E-state index in [0.29, 0.717) is 5.92 Å². The van der Waals surface area contributed by atoms with E-state index < -0.39 is 0 Å². The third-order valence-corrected chi connectivity index (χ3v) is 4.86. The van der Waals surface area contributed by atoms with Gasteiger partial charge in [0.05, 0.1) is 13.2 Å². The second-order valence-corrected chi connectivity index (χ2v) is 5.39. The first-order valence-electron chi connectivity index (χ1n) is 6.01. The Balaban J connectivity index is 1.84. The van der Waals surface area contributed by atoms with Gasteiger partial charge in [-0.3, -0.25) is 0 Å². The van der Waals surface area contributed by atoms with Crippen molar-refractivity contribution < 1.29 is 9.47 Å². The standard InChI is InChI=1S/C12H20O2/c1-8-9(2)11-6-10(8)7-12(11)13-4-3-5-14-12/h8-11H,3-7H2,1-2H3. The van der Waals surface area contributed by atoms with Crippen LogP contribution in [0.3, 0.4) is 0 Å². The van der Waals surface area contributed by atoms with Crippen LogP contribution < -0.4 is 0 Å². The molecule has 1 saturated heterocycles. The molecule has 0 aromatic rings. The summed E-state index contributed by atoms with van der Waals surface area (Å²) in [6.07, 6.45) is 3.56. The molecule has 0 N–H and O–H groups in total. The minimum Gasteiger partial charge on any atom is -0.350 e. The zero-order chi connectivity index (χ0) is 9.76. The molecular formula is C12H20O2. The van der Waals surface area contributed by atoms with Crippen LogP contribution in [0.4, 0.5) is 0 Å². The molecule has 2 aliphatic carbocycles. The van der Waals surface area contributed by atoms with Crippen molar-refractivity contribution in [2.45, 2.75) is 38.9 Å². The van der Waals surface area contributed by atoms with Gasteiger partial charge in [0.1, 0.15) is 0 Å². The highest BCUT2D eigenvalue weighted by Gasteiger charge is 2.59. The van der Waals surface area contributed by atoms with Crippen LogP contribution in [0.1, 0.15) is 33.1 Å². The summed E-state index contributed by atoms with van der Waals surface area (Å²) < 4.78 is 11.9. The Morgan fingerprint density at radius 1 is 1.07 bits per heavy atom. The molecule has 80 valence electrons. The Kier molecular flexibility index (Phi) is 1.94. The summed E-state index contributed by atoms with van der Waals surface area (Å²) >= 11 is 0. The Bertz CT molecular complexity index is 230. The highest BCUT2D eigenvalue weighted by Crippen LogP contribution is 2.59. The summed E-state index contributed by atoms with van der Waals surface area (Å²) in [6, 6.07) is 0. The molecule has 3 fully saturated rings. The average molecular weight is 196 g/mol. The van der Waals surface area contributed by atoms with Crippen LogP contribution in [0.5, 0.6) is 0 Å². The average Bonchev–Trinajstić information content (AvgIpc) is 2.67. The van der Waals surface area contributed by atoms with E-state index in [1.165, 1.54) is 6.42 Å². The lowest BCUT2D eigenvalue weighted by atomic mass is 9.78. The highest BCUT2D eigenvalue weighted by molar-refractivity contribution is 5.03. The fourth-order valence-electron chi connectivity index (χ4n) is 3.84. The maximum atomic E-state index is 5.96. The Hall–Kier alpha value is -0.0800. The largest absolute Gasteiger partial charge is 0.350 e. The molecule has 3 rings (SSSR count). The third kappa shape index (κ3) is 1.04. The van der Waals surface area contributed by atoms with Gasteiger partial charge in [-0.05, 0) is 30.6 Å². The lowest BCUT2D eigenvalue weighted by Gasteiger charge is -2.44. The summed E-state index contributed by atoms with van der Waals surface area (Å²) in [6.45, 7) is 6.58. The summed E-state index contributed by atoms with van der Waals surface area (Å²) in [5.41, 5.74) is 0. The Labute approximate surface area is 86.0 Å². The molecule has 4 atom stereocenters. The van der Waals surface area contributed by atoms with Crippen LogP contribution in [0.2, 0.25) is 0 Å². The molecule has 1 spiro atoms. The SMILES string of the molecule is CC1C2CC(C1C)C1(C2)OCCCO1. The quantitative estimate of drug-likeness (QED) is 0.592. The maximum Gasteiger partial charge on any atom is 0.171 e. The number of rotatable bonds is 0. The van der Waals surface area contributed by atoms with Gasteiger partial charge in [0.15, 0.2) is 5.79 Å². The molecule has 0 aromatic heterocycles. The fourth-order valence-corrected chi connectivity index (χ4v) is 3.84. The van der Waals surface area contributed by atoms with E-state index in [9.17, 15) is 0 Å².